The van der Waals surface area contributed by atoms with Crippen molar-refractivity contribution in [1.29, 1.82) is 0 Å². The van der Waals surface area contributed by atoms with E-state index in [9.17, 15) is 0 Å². The Kier molecular flexibility index (Phi) is 13.8. The molecule has 0 aromatic heterocycles. The molecule has 0 spiro atoms. The molecule has 0 saturated heterocycles. The summed E-state index contributed by atoms with van der Waals surface area (Å²) >= 11 is -4.01. The normalized spacial score (nSPS) is 15.7. The Morgan fingerprint density at radius 3 is 0.950 bits per heavy atom. The summed E-state index contributed by atoms with van der Waals surface area (Å²) < 4.78 is 10.3. The van der Waals surface area contributed by atoms with Crippen molar-refractivity contribution in [1.82, 2.24) is 0 Å². The molecule has 0 aliphatic heterocycles. The van der Waals surface area contributed by atoms with Crippen molar-refractivity contribution in [2.24, 2.45) is 0 Å². The predicted octanol–water partition coefficient (Wildman–Crippen LogP) is 9.91. The Morgan fingerprint density at radius 1 is 0.450 bits per heavy atom. The third-order valence-corrected chi connectivity index (χ3v) is 29.6. The molecule has 0 fully saturated rings. The Labute approximate surface area is 268 Å². The van der Waals surface area contributed by atoms with Gasteiger partial charge in [0, 0.05) is 0 Å². The first kappa shape index (κ1) is 32.9. The SMILES string of the molecule is C[C](c1ccccc1)=[Hf]([C]1=CC=CC1)[C]1=CC=CC1.C[C](c1ccccc1)=[Hf]([C]1=CC=CC1)[C]1=CC=CC1.Cl.Cl. The average Bonchev–Trinajstić information content (AvgIpc) is 3.79. The summed E-state index contributed by atoms with van der Waals surface area (Å²) in [5, 5.41) is 0. The van der Waals surface area contributed by atoms with Crippen molar-refractivity contribution in [3.05, 3.63) is 158 Å². The van der Waals surface area contributed by atoms with Crippen LogP contribution < -0.4 is 0 Å². The molecule has 0 radical (unpaired) electrons. The topological polar surface area (TPSA) is 0 Å². The Bertz CT molecular complexity index is 1310. The second-order valence-electron chi connectivity index (χ2n) is 10.0. The van der Waals surface area contributed by atoms with E-state index in [-0.39, 0.29) is 24.8 Å². The van der Waals surface area contributed by atoms with Crippen molar-refractivity contribution >= 4 is 31.3 Å². The summed E-state index contributed by atoms with van der Waals surface area (Å²) in [5.74, 6) is 0. The van der Waals surface area contributed by atoms with Gasteiger partial charge in [-0.3, -0.25) is 0 Å². The van der Waals surface area contributed by atoms with E-state index >= 15 is 0 Å². The van der Waals surface area contributed by atoms with Gasteiger partial charge in [-0.25, -0.2) is 0 Å². The zero-order chi connectivity index (χ0) is 26.2. The molecule has 4 aliphatic rings. The Morgan fingerprint density at radius 2 is 0.725 bits per heavy atom. The fourth-order valence-corrected chi connectivity index (χ4v) is 27.1. The maximum Gasteiger partial charge on any atom is -0.147 e. The van der Waals surface area contributed by atoms with Gasteiger partial charge in [-0.05, 0) is 0 Å². The molecule has 40 heavy (non-hydrogen) atoms. The molecule has 2 aromatic rings. The van der Waals surface area contributed by atoms with Crippen LogP contribution in [0.5, 0.6) is 0 Å². The van der Waals surface area contributed by atoms with Crippen molar-refractivity contribution in [3.8, 4) is 0 Å². The van der Waals surface area contributed by atoms with Gasteiger partial charge < -0.3 is 0 Å². The molecule has 0 N–H and O–H groups in total. The number of hydrogen-bond donors (Lipinski definition) is 0. The van der Waals surface area contributed by atoms with Crippen LogP contribution in [0, 0.1) is 0 Å². The molecule has 0 heterocycles. The van der Waals surface area contributed by atoms with Crippen LogP contribution in [-0.2, 0) is 41.9 Å². The molecule has 0 nitrogen and oxygen atoms in total. The van der Waals surface area contributed by atoms with E-state index in [1.807, 2.05) is 0 Å². The van der Waals surface area contributed by atoms with Gasteiger partial charge in [0.25, 0.3) is 0 Å². The first-order chi connectivity index (χ1) is 18.7. The van der Waals surface area contributed by atoms with Crippen LogP contribution in [0.3, 0.4) is 0 Å². The molecule has 0 amide bonds. The maximum absolute atomic E-state index is 2.38. The maximum atomic E-state index is 2.38. The smallest absolute Gasteiger partial charge is 0.147 e. The predicted molar refractivity (Wildman–Crippen MR) is 174 cm³/mol. The number of hydrogen-bond acceptors (Lipinski definition) is 0. The number of rotatable bonds is 6. The van der Waals surface area contributed by atoms with Gasteiger partial charge in [-0.1, -0.05) is 0 Å². The third kappa shape index (κ3) is 8.25. The summed E-state index contributed by atoms with van der Waals surface area (Å²) in [6, 6.07) is 21.9. The van der Waals surface area contributed by atoms with E-state index in [2.05, 4.69) is 147 Å². The minimum absolute atomic E-state index is 0. The monoisotopic (exact) mass is 900 g/mol. The van der Waals surface area contributed by atoms with E-state index in [4.69, 9.17) is 0 Å². The van der Waals surface area contributed by atoms with Gasteiger partial charge in [0.2, 0.25) is 0 Å². The Hall–Kier alpha value is -1.58. The van der Waals surface area contributed by atoms with Crippen molar-refractivity contribution < 1.29 is 41.9 Å². The molecule has 0 saturated carbocycles. The second kappa shape index (κ2) is 16.8. The van der Waals surface area contributed by atoms with E-state index in [0.717, 1.165) is 0 Å². The van der Waals surface area contributed by atoms with Gasteiger partial charge in [0.15, 0.2) is 0 Å². The molecule has 0 unspecified atom stereocenters. The first-order valence-electron chi connectivity index (χ1n) is 13.7. The number of halogens is 2. The summed E-state index contributed by atoms with van der Waals surface area (Å²) in [4.78, 5) is 0. The molecular formula is C36H38Cl2Hf2. The zero-order valence-electron chi connectivity index (χ0n) is 23.3. The number of benzene rings is 2. The molecule has 6 rings (SSSR count). The average molecular weight is 899 g/mol. The van der Waals surface area contributed by atoms with Crippen LogP contribution in [0.15, 0.2) is 147 Å². The Balaban J connectivity index is 0.000000210. The first-order valence-corrected chi connectivity index (χ1v) is 24.5. The van der Waals surface area contributed by atoms with E-state index in [1.54, 1.807) is 19.8 Å². The molecule has 2 aromatic carbocycles. The summed E-state index contributed by atoms with van der Waals surface area (Å²) in [6.07, 6.45) is 32.4. The van der Waals surface area contributed by atoms with Crippen molar-refractivity contribution in [3.63, 3.8) is 0 Å². The fourth-order valence-electron chi connectivity index (χ4n) is 5.57. The summed E-state index contributed by atoms with van der Waals surface area (Å²) in [6.45, 7) is 4.74. The molecule has 204 valence electrons. The standard InChI is InChI=1S/2C8H8.4C5H5.2ClH.2Hf/c2*1-2-8-6-4-3-5-7-8;4*1-2-4-5-3-1;;;;/h2*3-7H,1H3;4*1-3H,4H2;2*1H;;. The largest absolute Gasteiger partial charge is 0.147 e. The third-order valence-electron chi connectivity index (χ3n) is 7.53. The van der Waals surface area contributed by atoms with Gasteiger partial charge in [-0.15, -0.1) is 24.8 Å². The second-order valence-corrected chi connectivity index (χ2v) is 30.0. The quantitative estimate of drug-likeness (QED) is 0.254. The molecule has 4 aliphatic carbocycles. The van der Waals surface area contributed by atoms with Crippen LogP contribution in [0.25, 0.3) is 0 Å². The van der Waals surface area contributed by atoms with Crippen molar-refractivity contribution in [2.45, 2.75) is 39.5 Å². The minimum atomic E-state index is -2.00. The molecule has 0 bridgehead atoms. The van der Waals surface area contributed by atoms with E-state index in [1.165, 1.54) is 36.8 Å². The molecule has 4 heteroatoms. The van der Waals surface area contributed by atoms with E-state index in [0.29, 0.717) is 0 Å². The van der Waals surface area contributed by atoms with Gasteiger partial charge in [0.05, 0.1) is 0 Å². The minimum Gasteiger partial charge on any atom is -0.147 e. The van der Waals surface area contributed by atoms with Crippen LogP contribution in [0.1, 0.15) is 50.7 Å². The van der Waals surface area contributed by atoms with Gasteiger partial charge in [-0.2, -0.15) is 0 Å². The fraction of sp³-hybridized carbons (Fsp3) is 0.167. The molecule has 0 atom stereocenters. The molecular weight excluding hydrogens is 860 g/mol. The van der Waals surface area contributed by atoms with Crippen LogP contribution in [0.4, 0.5) is 0 Å². The van der Waals surface area contributed by atoms with Crippen molar-refractivity contribution in [2.75, 3.05) is 0 Å². The summed E-state index contributed by atoms with van der Waals surface area (Å²) in [5.41, 5.74) is 2.90. The van der Waals surface area contributed by atoms with E-state index < -0.39 is 41.9 Å². The zero-order valence-corrected chi connectivity index (χ0v) is 32.2. The van der Waals surface area contributed by atoms with Crippen LogP contribution in [0.2, 0.25) is 0 Å². The van der Waals surface area contributed by atoms with Gasteiger partial charge in [0.1, 0.15) is 0 Å². The van der Waals surface area contributed by atoms with Gasteiger partial charge >= 0.3 is 246 Å². The van der Waals surface area contributed by atoms with Crippen LogP contribution in [-0.4, -0.2) is 6.51 Å². The van der Waals surface area contributed by atoms with Crippen LogP contribution >= 0.6 is 24.8 Å². The number of allylic oxidation sites excluding steroid dienone is 16. The summed E-state index contributed by atoms with van der Waals surface area (Å²) in [7, 11) is 0.